The van der Waals surface area contributed by atoms with Gasteiger partial charge in [0.25, 0.3) is 12.9 Å². The minimum atomic E-state index is -0.579. The van der Waals surface area contributed by atoms with E-state index in [0.29, 0.717) is 26.9 Å². The predicted molar refractivity (Wildman–Crippen MR) is 127 cm³/mol. The summed E-state index contributed by atoms with van der Waals surface area (Å²) in [6.07, 6.45) is 2.99. The fraction of sp³-hybridized carbons (Fsp3) is 0.0500. The van der Waals surface area contributed by atoms with Crippen molar-refractivity contribution in [1.82, 2.24) is 19.9 Å². The lowest BCUT2D eigenvalue weighted by atomic mass is 10.1. The standard InChI is InChI=1S/C20H13Cl2N7O4S/c1-8-4-10(27-5-26-8)29-19-17-9(2-3-25-19)28-20(34-17)11-13(21)15(32-6-30)12(18(23)24)16(14(11)22)33-7-31/h2-7H,1H3,(H3,23,24)(H,25,26,27,29). The van der Waals surface area contributed by atoms with Crippen molar-refractivity contribution in [3.63, 3.8) is 0 Å². The summed E-state index contributed by atoms with van der Waals surface area (Å²) in [5.74, 6) is -0.169. The number of thiazole rings is 1. The lowest BCUT2D eigenvalue weighted by Gasteiger charge is -2.16. The van der Waals surface area contributed by atoms with E-state index in [-0.39, 0.29) is 45.6 Å². The molecule has 0 aliphatic carbocycles. The zero-order chi connectivity index (χ0) is 24.4. The molecule has 0 bridgehead atoms. The summed E-state index contributed by atoms with van der Waals surface area (Å²) >= 11 is 14.2. The number of pyridine rings is 1. The van der Waals surface area contributed by atoms with Crippen LogP contribution in [0.5, 0.6) is 11.5 Å². The number of carbonyl (C=O) groups excluding carboxylic acids is 2. The van der Waals surface area contributed by atoms with Crippen LogP contribution in [0.2, 0.25) is 10.0 Å². The minimum absolute atomic E-state index is 0.101. The van der Waals surface area contributed by atoms with Crippen molar-refractivity contribution >= 4 is 75.2 Å². The summed E-state index contributed by atoms with van der Waals surface area (Å²) in [5, 5.41) is 11.0. The molecule has 0 aliphatic rings. The number of aryl methyl sites for hydroxylation is 1. The Bertz CT molecular complexity index is 1420. The molecule has 0 atom stereocenters. The fourth-order valence-electron chi connectivity index (χ4n) is 3.09. The van der Waals surface area contributed by atoms with Crippen LogP contribution >= 0.6 is 34.5 Å². The molecule has 0 spiro atoms. The summed E-state index contributed by atoms with van der Waals surface area (Å²) in [6, 6.07) is 3.44. The first-order valence-corrected chi connectivity index (χ1v) is 10.8. The summed E-state index contributed by atoms with van der Waals surface area (Å²) in [5.41, 5.74) is 6.80. The molecule has 0 unspecified atom stereocenters. The van der Waals surface area contributed by atoms with Crippen molar-refractivity contribution < 1.29 is 19.1 Å². The summed E-state index contributed by atoms with van der Waals surface area (Å²) in [4.78, 5) is 39.4. The molecule has 3 aromatic heterocycles. The van der Waals surface area contributed by atoms with Crippen LogP contribution in [0.25, 0.3) is 20.8 Å². The molecule has 4 rings (SSSR count). The SMILES string of the molecule is Cc1cc(Nc2nccc3nc(-c4c(Cl)c(OC=O)c(C(=N)N)c(OC=O)c4Cl)sc23)ncn1. The molecule has 34 heavy (non-hydrogen) atoms. The van der Waals surface area contributed by atoms with Crippen molar-refractivity contribution in [2.75, 3.05) is 5.32 Å². The van der Waals surface area contributed by atoms with Gasteiger partial charge in [0.1, 0.15) is 28.6 Å². The summed E-state index contributed by atoms with van der Waals surface area (Å²) in [6.45, 7) is 2.03. The van der Waals surface area contributed by atoms with Gasteiger partial charge in [0.05, 0.1) is 25.8 Å². The first kappa shape index (κ1) is 23.3. The van der Waals surface area contributed by atoms with Crippen LogP contribution < -0.4 is 20.5 Å². The van der Waals surface area contributed by atoms with Crippen molar-refractivity contribution in [3.05, 3.63) is 46.0 Å². The molecule has 11 nitrogen and oxygen atoms in total. The zero-order valence-electron chi connectivity index (χ0n) is 17.1. The Morgan fingerprint density at radius 2 is 1.82 bits per heavy atom. The Morgan fingerprint density at radius 1 is 1.15 bits per heavy atom. The van der Waals surface area contributed by atoms with Crippen LogP contribution in [-0.4, -0.2) is 38.7 Å². The van der Waals surface area contributed by atoms with E-state index in [2.05, 4.69) is 25.3 Å². The highest BCUT2D eigenvalue weighted by Gasteiger charge is 2.29. The smallest absolute Gasteiger partial charge is 0.298 e. The van der Waals surface area contributed by atoms with Gasteiger partial charge >= 0.3 is 0 Å². The molecule has 4 N–H and O–H groups in total. The highest BCUT2D eigenvalue weighted by molar-refractivity contribution is 7.22. The zero-order valence-corrected chi connectivity index (χ0v) is 19.5. The van der Waals surface area contributed by atoms with Crippen LogP contribution in [0.15, 0.2) is 24.7 Å². The average Bonchev–Trinajstić information content (AvgIpc) is 3.22. The largest absolute Gasteiger partial charge is 0.426 e. The van der Waals surface area contributed by atoms with E-state index in [1.54, 1.807) is 18.3 Å². The van der Waals surface area contributed by atoms with Crippen molar-refractivity contribution in [2.24, 2.45) is 5.73 Å². The van der Waals surface area contributed by atoms with Crippen molar-refractivity contribution in [2.45, 2.75) is 6.92 Å². The Hall–Kier alpha value is -3.87. The average molecular weight is 518 g/mol. The van der Waals surface area contributed by atoms with Gasteiger partial charge in [-0.15, -0.1) is 11.3 Å². The van der Waals surface area contributed by atoms with Gasteiger partial charge in [-0.1, -0.05) is 23.2 Å². The molecule has 4 aromatic rings. The number of halogens is 2. The first-order chi connectivity index (χ1) is 16.3. The third kappa shape index (κ3) is 4.21. The number of nitrogens with two attached hydrogens (primary N) is 1. The predicted octanol–water partition coefficient (Wildman–Crippen LogP) is 3.86. The lowest BCUT2D eigenvalue weighted by Crippen LogP contribution is -2.16. The van der Waals surface area contributed by atoms with Gasteiger partial charge in [-0.25, -0.2) is 19.9 Å². The molecular formula is C20H13Cl2N7O4S. The number of rotatable bonds is 8. The third-order valence-corrected chi connectivity index (χ3v) is 6.28. The van der Waals surface area contributed by atoms with Gasteiger partial charge in [0.2, 0.25) is 0 Å². The Kier molecular flexibility index (Phi) is 6.54. The van der Waals surface area contributed by atoms with Crippen molar-refractivity contribution in [3.8, 4) is 22.1 Å². The minimum Gasteiger partial charge on any atom is -0.426 e. The van der Waals surface area contributed by atoms with E-state index in [9.17, 15) is 9.59 Å². The molecule has 0 radical (unpaired) electrons. The van der Waals surface area contributed by atoms with Crippen molar-refractivity contribution in [1.29, 1.82) is 5.41 Å². The lowest BCUT2D eigenvalue weighted by molar-refractivity contribution is -0.121. The van der Waals surface area contributed by atoms with E-state index in [1.165, 1.54) is 17.7 Å². The Labute approximate surface area is 205 Å². The molecule has 0 amide bonds. The Morgan fingerprint density at radius 3 is 2.41 bits per heavy atom. The third-order valence-electron chi connectivity index (χ3n) is 4.46. The number of nitrogen functional groups attached to an aromatic ring is 1. The van der Waals surface area contributed by atoms with E-state index in [4.69, 9.17) is 43.8 Å². The molecule has 0 fully saturated rings. The monoisotopic (exact) mass is 517 g/mol. The number of fused-ring (bicyclic) bond motifs is 1. The van der Waals surface area contributed by atoms with E-state index >= 15 is 0 Å². The van der Waals surface area contributed by atoms with Crippen LogP contribution in [-0.2, 0) is 9.59 Å². The number of hydrogen-bond donors (Lipinski definition) is 3. The molecule has 0 aliphatic heterocycles. The molecule has 0 saturated carbocycles. The van der Waals surface area contributed by atoms with Gasteiger partial charge in [0, 0.05) is 18.0 Å². The van der Waals surface area contributed by atoms with Gasteiger partial charge in [0.15, 0.2) is 17.3 Å². The molecule has 3 heterocycles. The van der Waals surface area contributed by atoms with Crippen LogP contribution in [0.3, 0.4) is 0 Å². The maximum Gasteiger partial charge on any atom is 0.298 e. The van der Waals surface area contributed by atoms with Crippen LogP contribution in [0, 0.1) is 12.3 Å². The number of benzene rings is 1. The number of amidine groups is 1. The highest BCUT2D eigenvalue weighted by Crippen LogP contribution is 2.50. The van der Waals surface area contributed by atoms with E-state index in [0.717, 1.165) is 5.69 Å². The summed E-state index contributed by atoms with van der Waals surface area (Å²) < 4.78 is 10.6. The molecular weight excluding hydrogens is 505 g/mol. The second-order valence-electron chi connectivity index (χ2n) is 6.57. The number of nitrogens with zero attached hydrogens (tertiary/aromatic N) is 4. The Balaban J connectivity index is 1.93. The number of hydrogen-bond acceptors (Lipinski definition) is 11. The van der Waals surface area contributed by atoms with Gasteiger partial charge in [-0.05, 0) is 13.0 Å². The quantitative estimate of drug-likeness (QED) is 0.177. The van der Waals surface area contributed by atoms with Gasteiger partial charge in [-0.2, -0.15) is 0 Å². The summed E-state index contributed by atoms with van der Waals surface area (Å²) in [7, 11) is 0. The number of aromatic nitrogens is 4. The maximum absolute atomic E-state index is 11.1. The van der Waals surface area contributed by atoms with E-state index < -0.39 is 5.84 Å². The number of carbonyl (C=O) groups is 2. The first-order valence-electron chi connectivity index (χ1n) is 9.27. The normalized spacial score (nSPS) is 10.7. The number of ether oxygens (including phenoxy) is 2. The second-order valence-corrected chi connectivity index (χ2v) is 8.33. The molecule has 172 valence electrons. The van der Waals surface area contributed by atoms with Crippen LogP contribution in [0.1, 0.15) is 11.3 Å². The molecule has 14 heteroatoms. The number of anilines is 2. The maximum atomic E-state index is 11.1. The molecule has 0 saturated heterocycles. The topological polar surface area (TPSA) is 166 Å². The highest BCUT2D eigenvalue weighted by atomic mass is 35.5. The molecule has 1 aromatic carbocycles. The van der Waals surface area contributed by atoms with E-state index in [1.807, 2.05) is 6.92 Å². The number of nitrogens with one attached hydrogen (secondary N) is 2. The second kappa shape index (κ2) is 9.55. The van der Waals surface area contributed by atoms with Gasteiger partial charge < -0.3 is 20.5 Å². The van der Waals surface area contributed by atoms with Gasteiger partial charge in [-0.3, -0.25) is 15.0 Å². The fourth-order valence-corrected chi connectivity index (χ4v) is 4.96. The van der Waals surface area contributed by atoms with Crippen LogP contribution in [0.4, 0.5) is 11.6 Å².